The molecule has 0 spiro atoms. The molecule has 104 valence electrons. The van der Waals surface area contributed by atoms with Crippen LogP contribution >= 0.6 is 11.8 Å². The zero-order valence-corrected chi connectivity index (χ0v) is 11.9. The summed E-state index contributed by atoms with van der Waals surface area (Å²) in [6.45, 7) is 2.39. The van der Waals surface area contributed by atoms with Crippen LogP contribution in [0.4, 0.5) is 4.79 Å². The molecule has 0 saturated heterocycles. The molecular formula is C14H20N2O2S. The maximum Gasteiger partial charge on any atom is 0.315 e. The maximum absolute atomic E-state index is 11.6. The van der Waals surface area contributed by atoms with Crippen molar-refractivity contribution in [3.8, 4) is 0 Å². The summed E-state index contributed by atoms with van der Waals surface area (Å²) in [4.78, 5) is 12.8. The third kappa shape index (κ3) is 4.44. The van der Waals surface area contributed by atoms with Crippen LogP contribution in [0.25, 0.3) is 0 Å². The number of rotatable bonds is 6. The van der Waals surface area contributed by atoms with Gasteiger partial charge in [0.2, 0.25) is 0 Å². The monoisotopic (exact) mass is 280 g/mol. The SMILES string of the molecule is CC(CO)NC(=O)NCC1(Sc2ccccc2)CC1. The minimum Gasteiger partial charge on any atom is -0.394 e. The fourth-order valence-corrected chi connectivity index (χ4v) is 3.00. The molecule has 1 atom stereocenters. The van der Waals surface area contributed by atoms with E-state index in [2.05, 4.69) is 22.8 Å². The van der Waals surface area contributed by atoms with E-state index in [-0.39, 0.29) is 23.4 Å². The van der Waals surface area contributed by atoms with E-state index in [0.29, 0.717) is 6.54 Å². The lowest BCUT2D eigenvalue weighted by Gasteiger charge is -2.17. The molecule has 1 aromatic carbocycles. The Labute approximate surface area is 118 Å². The van der Waals surface area contributed by atoms with Crippen molar-refractivity contribution in [2.24, 2.45) is 0 Å². The predicted molar refractivity (Wildman–Crippen MR) is 77.3 cm³/mol. The van der Waals surface area contributed by atoms with Gasteiger partial charge < -0.3 is 15.7 Å². The molecule has 3 N–H and O–H groups in total. The Morgan fingerprint density at radius 2 is 2.11 bits per heavy atom. The number of carbonyl (C=O) groups excluding carboxylic acids is 1. The van der Waals surface area contributed by atoms with Crippen LogP contribution in [0.5, 0.6) is 0 Å². The third-order valence-electron chi connectivity index (χ3n) is 3.11. The Hall–Kier alpha value is -1.20. The zero-order valence-electron chi connectivity index (χ0n) is 11.1. The fraction of sp³-hybridized carbons (Fsp3) is 0.500. The summed E-state index contributed by atoms with van der Waals surface area (Å²) < 4.78 is 0.154. The van der Waals surface area contributed by atoms with E-state index in [0.717, 1.165) is 12.8 Å². The lowest BCUT2D eigenvalue weighted by Crippen LogP contribution is -2.44. The van der Waals surface area contributed by atoms with Gasteiger partial charge in [-0.2, -0.15) is 0 Å². The summed E-state index contributed by atoms with van der Waals surface area (Å²) in [6, 6.07) is 9.84. The Bertz CT molecular complexity index is 421. The minimum atomic E-state index is -0.211. The molecule has 1 unspecified atom stereocenters. The van der Waals surface area contributed by atoms with Crippen LogP contribution in [0.3, 0.4) is 0 Å². The summed E-state index contributed by atoms with van der Waals surface area (Å²) in [5.74, 6) is 0. The van der Waals surface area contributed by atoms with E-state index < -0.39 is 0 Å². The second-order valence-corrected chi connectivity index (χ2v) is 6.55. The molecule has 1 aromatic rings. The standard InChI is InChI=1S/C14H20N2O2S/c1-11(9-17)16-13(18)15-10-14(7-8-14)19-12-5-3-2-4-6-12/h2-6,11,17H,7-10H2,1H3,(H2,15,16,18). The molecule has 0 aromatic heterocycles. The van der Waals surface area contributed by atoms with E-state index in [1.165, 1.54) is 4.90 Å². The summed E-state index contributed by atoms with van der Waals surface area (Å²) in [5.41, 5.74) is 0. The van der Waals surface area contributed by atoms with Crippen molar-refractivity contribution in [3.63, 3.8) is 0 Å². The molecule has 1 saturated carbocycles. The molecule has 2 rings (SSSR count). The van der Waals surface area contributed by atoms with Gasteiger partial charge in [0.15, 0.2) is 0 Å². The molecule has 1 fully saturated rings. The van der Waals surface area contributed by atoms with Gasteiger partial charge in [-0.1, -0.05) is 18.2 Å². The largest absolute Gasteiger partial charge is 0.394 e. The molecule has 0 bridgehead atoms. The average molecular weight is 280 g/mol. The second kappa shape index (κ2) is 6.30. The Morgan fingerprint density at radius 1 is 1.42 bits per heavy atom. The highest BCUT2D eigenvalue weighted by Crippen LogP contribution is 2.51. The first-order valence-corrected chi connectivity index (χ1v) is 7.34. The smallest absolute Gasteiger partial charge is 0.315 e. The molecule has 1 aliphatic rings. The van der Waals surface area contributed by atoms with Crippen LogP contribution in [0, 0.1) is 0 Å². The Morgan fingerprint density at radius 3 is 2.68 bits per heavy atom. The number of nitrogens with one attached hydrogen (secondary N) is 2. The number of hydrogen-bond acceptors (Lipinski definition) is 3. The first-order valence-electron chi connectivity index (χ1n) is 6.53. The van der Waals surface area contributed by atoms with Crippen LogP contribution < -0.4 is 10.6 Å². The number of benzene rings is 1. The van der Waals surface area contributed by atoms with Crippen molar-refractivity contribution in [1.82, 2.24) is 10.6 Å². The summed E-state index contributed by atoms with van der Waals surface area (Å²) in [5, 5.41) is 14.4. The quantitative estimate of drug-likeness (QED) is 0.747. The van der Waals surface area contributed by atoms with Gasteiger partial charge in [0.1, 0.15) is 0 Å². The van der Waals surface area contributed by atoms with Gasteiger partial charge in [0.05, 0.1) is 12.6 Å². The molecule has 1 aliphatic carbocycles. The van der Waals surface area contributed by atoms with Gasteiger partial charge >= 0.3 is 6.03 Å². The van der Waals surface area contributed by atoms with Gasteiger partial charge in [-0.25, -0.2) is 4.79 Å². The van der Waals surface area contributed by atoms with Gasteiger partial charge in [-0.3, -0.25) is 0 Å². The van der Waals surface area contributed by atoms with Crippen LogP contribution in [0.1, 0.15) is 19.8 Å². The number of aliphatic hydroxyl groups excluding tert-OH is 1. The second-order valence-electron chi connectivity index (χ2n) is 5.01. The average Bonchev–Trinajstić information content (AvgIpc) is 3.18. The first kappa shape index (κ1) is 14.2. The normalized spacial score (nSPS) is 17.6. The number of amides is 2. The van der Waals surface area contributed by atoms with E-state index in [9.17, 15) is 4.79 Å². The van der Waals surface area contributed by atoms with Gasteiger partial charge in [-0.05, 0) is 31.9 Å². The van der Waals surface area contributed by atoms with Crippen molar-refractivity contribution in [2.45, 2.75) is 35.4 Å². The Kier molecular flexibility index (Phi) is 4.71. The number of hydrogen-bond donors (Lipinski definition) is 3. The van der Waals surface area contributed by atoms with Gasteiger partial charge in [0.25, 0.3) is 0 Å². The third-order valence-corrected chi connectivity index (χ3v) is 4.60. The number of thioether (sulfide) groups is 1. The van der Waals surface area contributed by atoms with E-state index in [1.807, 2.05) is 30.0 Å². The van der Waals surface area contributed by atoms with Gasteiger partial charge in [-0.15, -0.1) is 11.8 Å². The van der Waals surface area contributed by atoms with E-state index in [1.54, 1.807) is 6.92 Å². The van der Waals surface area contributed by atoms with Crippen LogP contribution in [0.2, 0.25) is 0 Å². The van der Waals surface area contributed by atoms with E-state index >= 15 is 0 Å². The van der Waals surface area contributed by atoms with E-state index in [4.69, 9.17) is 5.11 Å². The topological polar surface area (TPSA) is 61.4 Å². The maximum atomic E-state index is 11.6. The van der Waals surface area contributed by atoms with Crippen molar-refractivity contribution in [1.29, 1.82) is 0 Å². The van der Waals surface area contributed by atoms with Crippen LogP contribution in [0.15, 0.2) is 35.2 Å². The molecule has 4 nitrogen and oxygen atoms in total. The highest BCUT2D eigenvalue weighted by Gasteiger charge is 2.43. The van der Waals surface area contributed by atoms with Crippen molar-refractivity contribution < 1.29 is 9.90 Å². The first-order chi connectivity index (χ1) is 9.13. The Balaban J connectivity index is 1.78. The molecular weight excluding hydrogens is 260 g/mol. The highest BCUT2D eigenvalue weighted by atomic mass is 32.2. The number of aliphatic hydroxyl groups is 1. The summed E-state index contributed by atoms with van der Waals surface area (Å²) >= 11 is 1.83. The van der Waals surface area contributed by atoms with Crippen molar-refractivity contribution in [3.05, 3.63) is 30.3 Å². The minimum absolute atomic E-state index is 0.0443. The summed E-state index contributed by atoms with van der Waals surface area (Å²) in [6.07, 6.45) is 2.25. The predicted octanol–water partition coefficient (Wildman–Crippen LogP) is 1.99. The number of urea groups is 1. The lowest BCUT2D eigenvalue weighted by molar-refractivity contribution is 0.220. The summed E-state index contributed by atoms with van der Waals surface area (Å²) in [7, 11) is 0. The lowest BCUT2D eigenvalue weighted by atomic mass is 10.4. The van der Waals surface area contributed by atoms with Crippen molar-refractivity contribution >= 4 is 17.8 Å². The van der Waals surface area contributed by atoms with Crippen LogP contribution in [-0.2, 0) is 0 Å². The highest BCUT2D eigenvalue weighted by molar-refractivity contribution is 8.01. The van der Waals surface area contributed by atoms with Crippen LogP contribution in [-0.4, -0.2) is 35.1 Å². The number of carbonyl (C=O) groups is 1. The molecule has 2 amide bonds. The fourth-order valence-electron chi connectivity index (χ4n) is 1.75. The zero-order chi connectivity index (χ0) is 13.7. The molecule has 5 heteroatoms. The molecule has 0 aliphatic heterocycles. The molecule has 19 heavy (non-hydrogen) atoms. The van der Waals surface area contributed by atoms with Gasteiger partial charge in [0, 0.05) is 16.2 Å². The molecule has 0 heterocycles. The van der Waals surface area contributed by atoms with Crippen molar-refractivity contribution in [2.75, 3.05) is 13.2 Å². The molecule has 0 radical (unpaired) electrons.